The highest BCUT2D eigenvalue weighted by molar-refractivity contribution is 6.45. The highest BCUT2D eigenvalue weighted by Crippen LogP contribution is 2.41. The van der Waals surface area contributed by atoms with E-state index >= 15 is 0 Å². The number of methoxy groups -OCH3 is 1. The van der Waals surface area contributed by atoms with Crippen LogP contribution in [0.25, 0.3) is 0 Å². The first kappa shape index (κ1) is 21.0. The van der Waals surface area contributed by atoms with Crippen LogP contribution in [0.4, 0.5) is 4.79 Å². The molecule has 0 spiro atoms. The average Bonchev–Trinajstić information content (AvgIpc) is 3.01. The van der Waals surface area contributed by atoms with Gasteiger partial charge in [-0.25, -0.2) is 9.59 Å². The van der Waals surface area contributed by atoms with Gasteiger partial charge in [0, 0.05) is 13.1 Å². The van der Waals surface area contributed by atoms with E-state index in [2.05, 4.69) is 0 Å². The molecule has 2 aliphatic rings. The van der Waals surface area contributed by atoms with Crippen molar-refractivity contribution in [1.82, 2.24) is 4.90 Å². The second-order valence-corrected chi connectivity index (χ2v) is 8.16. The highest BCUT2D eigenvalue weighted by atomic mass is 16.7. The van der Waals surface area contributed by atoms with Gasteiger partial charge in [-0.2, -0.15) is 0 Å². The maximum atomic E-state index is 12.4. The summed E-state index contributed by atoms with van der Waals surface area (Å²) in [5, 5.41) is 9.48. The van der Waals surface area contributed by atoms with Crippen LogP contribution in [-0.4, -0.2) is 66.1 Å². The predicted octanol–water partition coefficient (Wildman–Crippen LogP) is 1.73. The second-order valence-electron chi connectivity index (χ2n) is 8.16. The molecule has 0 aromatic carbocycles. The normalized spacial score (nSPS) is 29.8. The van der Waals surface area contributed by atoms with E-state index in [1.54, 1.807) is 0 Å². The number of nitrogens with zero attached hydrogens (tertiary/aromatic N) is 1. The largest absolute Gasteiger partial charge is 0.467 e. The molecule has 0 aromatic rings. The van der Waals surface area contributed by atoms with Crippen molar-refractivity contribution >= 4 is 19.2 Å². The summed E-state index contributed by atoms with van der Waals surface area (Å²) in [7, 11) is 0.960. The Kier molecular flexibility index (Phi) is 5.94. The molecule has 2 fully saturated rings. The fourth-order valence-corrected chi connectivity index (χ4v) is 4.02. The number of carbonyl (C=O) groups is 2. The molecule has 2 saturated heterocycles. The van der Waals surface area contributed by atoms with Crippen molar-refractivity contribution < 1.29 is 28.7 Å². The summed E-state index contributed by atoms with van der Waals surface area (Å²) in [6.45, 7) is 8.21. The summed E-state index contributed by atoms with van der Waals surface area (Å²) in [4.78, 5) is 25.2. The van der Waals surface area contributed by atoms with Crippen molar-refractivity contribution in [3.63, 3.8) is 0 Å². The SMILES string of the molecule is COC(=O)C1(CN)C(CCCB2OC(C)(C)C(C)(C)O2)CCN1C(=O)O. The van der Waals surface area contributed by atoms with Gasteiger partial charge in [-0.1, -0.05) is 6.42 Å². The lowest BCUT2D eigenvalue weighted by atomic mass is 9.76. The minimum absolute atomic E-state index is 0.0901. The van der Waals surface area contributed by atoms with Gasteiger partial charge in [0.15, 0.2) is 5.54 Å². The van der Waals surface area contributed by atoms with Crippen molar-refractivity contribution in [2.24, 2.45) is 11.7 Å². The van der Waals surface area contributed by atoms with Gasteiger partial charge in [-0.15, -0.1) is 0 Å². The molecule has 3 N–H and O–H groups in total. The first-order chi connectivity index (χ1) is 12.0. The summed E-state index contributed by atoms with van der Waals surface area (Å²) in [6, 6.07) is 0. The molecule has 0 aliphatic carbocycles. The zero-order valence-corrected chi connectivity index (χ0v) is 16.4. The number of likely N-dealkylation sites (tertiary alicyclic amines) is 1. The third-order valence-electron chi connectivity index (χ3n) is 6.23. The standard InChI is InChI=1S/C17H31BN2O6/c1-15(2)16(3,4)26-18(25-15)9-6-7-12-8-10-20(14(22)23)17(12,11-19)13(21)24-5/h12H,6-11,19H2,1-5H3,(H,22,23). The topological polar surface area (TPSA) is 111 Å². The first-order valence-electron chi connectivity index (χ1n) is 9.16. The maximum absolute atomic E-state index is 12.4. The Hall–Kier alpha value is -1.32. The summed E-state index contributed by atoms with van der Waals surface area (Å²) in [5.41, 5.74) is 3.81. The van der Waals surface area contributed by atoms with Gasteiger partial charge in [0.1, 0.15) is 0 Å². The molecule has 2 heterocycles. The summed E-state index contributed by atoms with van der Waals surface area (Å²) in [5.74, 6) is -0.765. The van der Waals surface area contributed by atoms with Gasteiger partial charge in [0.05, 0.1) is 18.3 Å². The lowest BCUT2D eigenvalue weighted by Crippen LogP contribution is -2.61. The molecule has 0 radical (unpaired) electrons. The Labute approximate surface area is 155 Å². The van der Waals surface area contributed by atoms with E-state index in [4.69, 9.17) is 19.8 Å². The Bertz CT molecular complexity index is 539. The Morgan fingerprint density at radius 2 is 1.85 bits per heavy atom. The smallest absolute Gasteiger partial charge is 0.457 e. The predicted molar refractivity (Wildman–Crippen MR) is 96.8 cm³/mol. The van der Waals surface area contributed by atoms with Crippen LogP contribution in [-0.2, 0) is 18.8 Å². The van der Waals surface area contributed by atoms with Crippen LogP contribution in [0.5, 0.6) is 0 Å². The number of hydrogen-bond acceptors (Lipinski definition) is 6. The van der Waals surface area contributed by atoms with Crippen molar-refractivity contribution in [3.8, 4) is 0 Å². The Morgan fingerprint density at radius 1 is 1.27 bits per heavy atom. The van der Waals surface area contributed by atoms with Crippen molar-refractivity contribution in [2.75, 3.05) is 20.2 Å². The molecule has 0 aromatic heterocycles. The molecule has 2 rings (SSSR count). The van der Waals surface area contributed by atoms with Gasteiger partial charge in [-0.3, -0.25) is 4.90 Å². The van der Waals surface area contributed by atoms with E-state index < -0.39 is 17.6 Å². The minimum Gasteiger partial charge on any atom is -0.467 e. The number of carbonyl (C=O) groups excluding carboxylic acids is 1. The van der Waals surface area contributed by atoms with E-state index in [0.717, 1.165) is 11.3 Å². The van der Waals surface area contributed by atoms with E-state index in [1.165, 1.54) is 7.11 Å². The maximum Gasteiger partial charge on any atom is 0.457 e. The van der Waals surface area contributed by atoms with E-state index in [0.29, 0.717) is 19.2 Å². The number of carboxylic acid groups (broad SMARTS) is 1. The van der Waals surface area contributed by atoms with Crippen LogP contribution in [0, 0.1) is 5.92 Å². The van der Waals surface area contributed by atoms with Gasteiger partial charge in [0.2, 0.25) is 0 Å². The quantitative estimate of drug-likeness (QED) is 0.541. The lowest BCUT2D eigenvalue weighted by molar-refractivity contribution is -0.154. The fraction of sp³-hybridized carbons (Fsp3) is 0.882. The van der Waals surface area contributed by atoms with Gasteiger partial charge in [0.25, 0.3) is 0 Å². The van der Waals surface area contributed by atoms with Crippen LogP contribution in [0.15, 0.2) is 0 Å². The number of rotatable bonds is 6. The van der Waals surface area contributed by atoms with Gasteiger partial charge >= 0.3 is 19.2 Å². The molecule has 2 aliphatic heterocycles. The molecule has 0 saturated carbocycles. The molecule has 8 nitrogen and oxygen atoms in total. The molecule has 2 atom stereocenters. The van der Waals surface area contributed by atoms with E-state index in [9.17, 15) is 14.7 Å². The number of nitrogens with two attached hydrogens (primary N) is 1. The van der Waals surface area contributed by atoms with Crippen LogP contribution in [0.1, 0.15) is 47.0 Å². The summed E-state index contributed by atoms with van der Waals surface area (Å²) >= 11 is 0. The highest BCUT2D eigenvalue weighted by Gasteiger charge is 2.56. The van der Waals surface area contributed by atoms with Crippen LogP contribution >= 0.6 is 0 Å². The van der Waals surface area contributed by atoms with Crippen molar-refractivity contribution in [2.45, 2.75) is 70.0 Å². The lowest BCUT2D eigenvalue weighted by Gasteiger charge is -2.37. The molecule has 148 valence electrons. The van der Waals surface area contributed by atoms with Crippen LogP contribution < -0.4 is 5.73 Å². The first-order valence-corrected chi connectivity index (χ1v) is 9.16. The summed E-state index contributed by atoms with van der Waals surface area (Å²) < 4.78 is 16.9. The Balaban J connectivity index is 2.02. The molecule has 26 heavy (non-hydrogen) atoms. The molecule has 9 heteroatoms. The van der Waals surface area contributed by atoms with E-state index in [-0.39, 0.29) is 37.3 Å². The molecule has 2 unspecified atom stereocenters. The fourth-order valence-electron chi connectivity index (χ4n) is 4.02. The number of amides is 1. The Morgan fingerprint density at radius 3 is 2.31 bits per heavy atom. The van der Waals surface area contributed by atoms with Crippen LogP contribution in [0.2, 0.25) is 6.32 Å². The molecular weight excluding hydrogens is 339 g/mol. The second kappa shape index (κ2) is 7.36. The number of esters is 1. The monoisotopic (exact) mass is 370 g/mol. The number of ether oxygens (including phenoxy) is 1. The zero-order chi connectivity index (χ0) is 19.8. The molecular formula is C17H31BN2O6. The van der Waals surface area contributed by atoms with E-state index in [1.807, 2.05) is 27.7 Å². The summed E-state index contributed by atoms with van der Waals surface area (Å²) in [6.07, 6.45) is 1.52. The minimum atomic E-state index is -1.31. The average molecular weight is 370 g/mol. The third kappa shape index (κ3) is 3.44. The zero-order valence-electron chi connectivity index (χ0n) is 16.4. The van der Waals surface area contributed by atoms with Gasteiger partial charge in [-0.05, 0) is 52.8 Å². The van der Waals surface area contributed by atoms with Gasteiger partial charge < -0.3 is 24.9 Å². The molecule has 0 bridgehead atoms. The third-order valence-corrected chi connectivity index (χ3v) is 6.23. The van der Waals surface area contributed by atoms with Crippen molar-refractivity contribution in [3.05, 3.63) is 0 Å². The van der Waals surface area contributed by atoms with Crippen LogP contribution in [0.3, 0.4) is 0 Å². The number of hydrogen-bond donors (Lipinski definition) is 2. The molecule has 1 amide bonds. The van der Waals surface area contributed by atoms with Crippen molar-refractivity contribution in [1.29, 1.82) is 0 Å².